The first-order valence-corrected chi connectivity index (χ1v) is 7.45. The lowest BCUT2D eigenvalue weighted by molar-refractivity contribution is -0.143. The molecule has 2 aromatic rings. The molecule has 0 aromatic carbocycles. The van der Waals surface area contributed by atoms with Gasteiger partial charge in [0.05, 0.1) is 13.7 Å². The summed E-state index contributed by atoms with van der Waals surface area (Å²) < 4.78 is 4.47. The normalized spacial score (nSPS) is 11.9. The second-order valence-electron chi connectivity index (χ2n) is 3.78. The number of aliphatic hydroxyl groups excluding tert-OH is 1. The molecule has 1 amide bonds. The molecule has 6 nitrogen and oxygen atoms in total. The van der Waals surface area contributed by atoms with E-state index < -0.39 is 24.5 Å². The number of nitrogens with zero attached hydrogens (tertiary/aromatic N) is 1. The molecule has 0 radical (unpaired) electrons. The zero-order chi connectivity index (χ0) is 14.5. The minimum atomic E-state index is -1.08. The molecule has 106 valence electrons. The third kappa shape index (κ3) is 3.21. The number of thiazole rings is 1. The van der Waals surface area contributed by atoms with Crippen molar-refractivity contribution < 1.29 is 19.4 Å². The molecule has 0 bridgehead atoms. The molecule has 1 unspecified atom stereocenters. The van der Waals surface area contributed by atoms with Crippen LogP contribution in [-0.2, 0) is 9.53 Å². The second kappa shape index (κ2) is 6.60. The first-order valence-electron chi connectivity index (χ1n) is 5.63. The smallest absolute Gasteiger partial charge is 0.330 e. The maximum absolute atomic E-state index is 11.9. The van der Waals surface area contributed by atoms with Crippen LogP contribution < -0.4 is 5.32 Å². The number of aromatic nitrogens is 1. The quantitative estimate of drug-likeness (QED) is 0.808. The van der Waals surface area contributed by atoms with E-state index in [1.807, 2.05) is 16.8 Å². The maximum Gasteiger partial charge on any atom is 0.330 e. The predicted octanol–water partition coefficient (Wildman–Crippen LogP) is 1.14. The highest BCUT2D eigenvalue weighted by Crippen LogP contribution is 2.25. The van der Waals surface area contributed by atoms with Gasteiger partial charge in [-0.15, -0.1) is 11.3 Å². The Bertz CT molecular complexity index is 594. The van der Waals surface area contributed by atoms with Gasteiger partial charge < -0.3 is 15.2 Å². The van der Waals surface area contributed by atoms with E-state index in [4.69, 9.17) is 5.11 Å². The Balaban J connectivity index is 2.08. The Morgan fingerprint density at radius 1 is 1.50 bits per heavy atom. The van der Waals surface area contributed by atoms with Crippen LogP contribution in [0.5, 0.6) is 0 Å². The summed E-state index contributed by atoms with van der Waals surface area (Å²) in [4.78, 5) is 27.4. The summed E-state index contributed by atoms with van der Waals surface area (Å²) in [6.45, 7) is -0.528. The van der Waals surface area contributed by atoms with Crippen LogP contribution in [0.25, 0.3) is 10.6 Å². The SMILES string of the molecule is COC(=O)C(CO)NC(=O)c1csc(-c2ccsc2)n1. The van der Waals surface area contributed by atoms with Gasteiger partial charge in [-0.1, -0.05) is 0 Å². The van der Waals surface area contributed by atoms with E-state index in [0.29, 0.717) is 0 Å². The molecule has 0 saturated carbocycles. The second-order valence-corrected chi connectivity index (χ2v) is 5.42. The van der Waals surface area contributed by atoms with Crippen molar-refractivity contribution in [3.8, 4) is 10.6 Å². The van der Waals surface area contributed by atoms with Crippen molar-refractivity contribution >= 4 is 34.6 Å². The molecule has 0 saturated heterocycles. The van der Waals surface area contributed by atoms with Gasteiger partial charge in [0.25, 0.3) is 5.91 Å². The largest absolute Gasteiger partial charge is 0.467 e. The summed E-state index contributed by atoms with van der Waals surface area (Å²) in [5.74, 6) is -1.22. The number of esters is 1. The number of amides is 1. The zero-order valence-corrected chi connectivity index (χ0v) is 12.2. The van der Waals surface area contributed by atoms with Gasteiger partial charge in [0.15, 0.2) is 6.04 Å². The standard InChI is InChI=1S/C12H12N2O4S2/c1-18-12(17)8(4-15)13-10(16)9-6-20-11(14-9)7-2-3-19-5-7/h2-3,5-6,8,15H,4H2,1H3,(H,13,16). The number of aliphatic hydroxyl groups is 1. The lowest BCUT2D eigenvalue weighted by atomic mass is 10.3. The van der Waals surface area contributed by atoms with Crippen molar-refractivity contribution in [3.05, 3.63) is 27.9 Å². The van der Waals surface area contributed by atoms with E-state index in [0.717, 1.165) is 10.6 Å². The highest BCUT2D eigenvalue weighted by molar-refractivity contribution is 7.14. The van der Waals surface area contributed by atoms with E-state index in [-0.39, 0.29) is 5.69 Å². The van der Waals surface area contributed by atoms with Crippen molar-refractivity contribution in [2.75, 3.05) is 13.7 Å². The van der Waals surface area contributed by atoms with Gasteiger partial charge in [0.1, 0.15) is 10.7 Å². The van der Waals surface area contributed by atoms with Gasteiger partial charge in [-0.2, -0.15) is 11.3 Å². The van der Waals surface area contributed by atoms with Crippen molar-refractivity contribution in [2.24, 2.45) is 0 Å². The summed E-state index contributed by atoms with van der Waals surface area (Å²) in [5, 5.41) is 17.6. The number of carbonyl (C=O) groups is 2. The average Bonchev–Trinajstić information content (AvgIpc) is 3.13. The molecule has 0 aliphatic rings. The lowest BCUT2D eigenvalue weighted by Gasteiger charge is -2.12. The van der Waals surface area contributed by atoms with E-state index in [1.54, 1.807) is 16.7 Å². The average molecular weight is 312 g/mol. The van der Waals surface area contributed by atoms with Gasteiger partial charge in [-0.05, 0) is 11.4 Å². The zero-order valence-electron chi connectivity index (χ0n) is 10.5. The van der Waals surface area contributed by atoms with Crippen LogP contribution in [0.3, 0.4) is 0 Å². The van der Waals surface area contributed by atoms with Crippen molar-refractivity contribution in [3.63, 3.8) is 0 Å². The van der Waals surface area contributed by atoms with Crippen LogP contribution in [0.15, 0.2) is 22.2 Å². The Morgan fingerprint density at radius 3 is 2.90 bits per heavy atom. The molecule has 2 N–H and O–H groups in total. The molecule has 0 fully saturated rings. The molecule has 8 heteroatoms. The summed E-state index contributed by atoms with van der Waals surface area (Å²) in [7, 11) is 1.19. The Morgan fingerprint density at radius 2 is 2.30 bits per heavy atom. The number of nitrogens with one attached hydrogen (secondary N) is 1. The van der Waals surface area contributed by atoms with E-state index in [9.17, 15) is 9.59 Å². The van der Waals surface area contributed by atoms with Gasteiger partial charge >= 0.3 is 5.97 Å². The van der Waals surface area contributed by atoms with Crippen molar-refractivity contribution in [1.29, 1.82) is 0 Å². The number of thiophene rings is 1. The predicted molar refractivity (Wildman–Crippen MR) is 75.8 cm³/mol. The van der Waals surface area contributed by atoms with Gasteiger partial charge in [0.2, 0.25) is 0 Å². The third-order valence-corrected chi connectivity index (χ3v) is 4.05. The van der Waals surface area contributed by atoms with Gasteiger partial charge in [-0.3, -0.25) is 4.79 Å². The van der Waals surface area contributed by atoms with Crippen LogP contribution in [0.2, 0.25) is 0 Å². The molecule has 1 atom stereocenters. The number of rotatable bonds is 5. The Labute approximate surface area is 123 Å². The molecule has 2 rings (SSSR count). The molecule has 2 aromatic heterocycles. The third-order valence-electron chi connectivity index (χ3n) is 2.48. The number of hydrogen-bond donors (Lipinski definition) is 2. The lowest BCUT2D eigenvalue weighted by Crippen LogP contribution is -2.44. The van der Waals surface area contributed by atoms with Gasteiger partial charge in [-0.25, -0.2) is 9.78 Å². The molecular weight excluding hydrogens is 300 g/mol. The number of ether oxygens (including phenoxy) is 1. The first-order chi connectivity index (χ1) is 9.65. The fourth-order valence-electron chi connectivity index (χ4n) is 1.45. The Hall–Kier alpha value is -1.77. The topological polar surface area (TPSA) is 88.5 Å². The summed E-state index contributed by atoms with van der Waals surface area (Å²) >= 11 is 2.89. The van der Waals surface area contributed by atoms with Crippen LogP contribution in [0.1, 0.15) is 10.5 Å². The molecule has 2 heterocycles. The fraction of sp³-hybridized carbons (Fsp3) is 0.250. The Kier molecular flexibility index (Phi) is 4.83. The first kappa shape index (κ1) is 14.6. The van der Waals surface area contributed by atoms with Crippen molar-refractivity contribution in [2.45, 2.75) is 6.04 Å². The summed E-state index contributed by atoms with van der Waals surface area (Å²) in [5.41, 5.74) is 1.16. The number of hydrogen-bond acceptors (Lipinski definition) is 7. The number of carbonyl (C=O) groups excluding carboxylic acids is 2. The highest BCUT2D eigenvalue weighted by atomic mass is 32.1. The molecular formula is C12H12N2O4S2. The molecule has 0 aliphatic carbocycles. The van der Waals surface area contributed by atoms with E-state index >= 15 is 0 Å². The van der Waals surface area contributed by atoms with Crippen LogP contribution in [0, 0.1) is 0 Å². The molecule has 0 aliphatic heterocycles. The minimum absolute atomic E-state index is 0.207. The van der Waals surface area contributed by atoms with Crippen LogP contribution in [0.4, 0.5) is 0 Å². The monoisotopic (exact) mass is 312 g/mol. The summed E-state index contributed by atoms with van der Waals surface area (Å²) in [6.07, 6.45) is 0. The van der Waals surface area contributed by atoms with Crippen LogP contribution >= 0.6 is 22.7 Å². The van der Waals surface area contributed by atoms with Crippen molar-refractivity contribution in [1.82, 2.24) is 10.3 Å². The molecule has 20 heavy (non-hydrogen) atoms. The summed E-state index contributed by atoms with van der Waals surface area (Å²) in [6, 6.07) is 0.828. The van der Waals surface area contributed by atoms with E-state index in [1.165, 1.54) is 18.4 Å². The minimum Gasteiger partial charge on any atom is -0.467 e. The maximum atomic E-state index is 11.9. The van der Waals surface area contributed by atoms with Gasteiger partial charge in [0, 0.05) is 16.3 Å². The van der Waals surface area contributed by atoms with Crippen LogP contribution in [-0.4, -0.2) is 41.7 Å². The number of methoxy groups -OCH3 is 1. The van der Waals surface area contributed by atoms with E-state index in [2.05, 4.69) is 15.0 Å². The fourth-order valence-corrected chi connectivity index (χ4v) is 2.96. The molecule has 0 spiro atoms. The highest BCUT2D eigenvalue weighted by Gasteiger charge is 2.22.